The standard InChI is InChI=1S/C28H51BrO6Si2/c1-18-13-12-14-21-23(32-21)15-22(19(2)17-29)33-25(30)16-24(34-36(6,7)8)28(4,5)27(31)20(3)26(18)35-37(9,10)11/h17-18,20-24,26H,12-16H2,1-11H3/b19-17+/t18-,20+,21+,22-,23-,24-,26-/m0/s1. The van der Waals surface area contributed by atoms with Crippen molar-refractivity contribution in [1.29, 1.82) is 0 Å². The van der Waals surface area contributed by atoms with Gasteiger partial charge < -0.3 is 18.3 Å². The third kappa shape index (κ3) is 9.98. The highest BCUT2D eigenvalue weighted by molar-refractivity contribution is 9.11. The number of hydrogen-bond acceptors (Lipinski definition) is 6. The molecule has 0 saturated carbocycles. The molecule has 0 aliphatic carbocycles. The second-order valence-corrected chi connectivity index (χ2v) is 23.1. The Morgan fingerprint density at radius 1 is 1.00 bits per heavy atom. The summed E-state index contributed by atoms with van der Waals surface area (Å²) in [5.41, 5.74) is 0.0622. The van der Waals surface area contributed by atoms with E-state index in [1.807, 2.05) is 32.7 Å². The van der Waals surface area contributed by atoms with Crippen molar-refractivity contribution in [2.45, 2.75) is 137 Å². The maximum Gasteiger partial charge on any atom is 0.309 e. The van der Waals surface area contributed by atoms with Gasteiger partial charge in [-0.1, -0.05) is 50.0 Å². The van der Waals surface area contributed by atoms with Gasteiger partial charge in [-0.25, -0.2) is 0 Å². The molecule has 0 aromatic rings. The molecule has 2 aliphatic rings. The van der Waals surface area contributed by atoms with Crippen LogP contribution in [0, 0.1) is 17.3 Å². The number of ketones is 1. The maximum absolute atomic E-state index is 14.2. The first-order chi connectivity index (χ1) is 16.9. The molecule has 0 aromatic heterocycles. The number of halogens is 1. The van der Waals surface area contributed by atoms with Crippen molar-refractivity contribution >= 4 is 44.3 Å². The lowest BCUT2D eigenvalue weighted by atomic mass is 9.73. The van der Waals surface area contributed by atoms with Gasteiger partial charge in [-0.15, -0.1) is 0 Å². The molecule has 2 aliphatic heterocycles. The third-order valence-corrected chi connectivity index (χ3v) is 10.2. The van der Waals surface area contributed by atoms with E-state index >= 15 is 0 Å². The van der Waals surface area contributed by atoms with Crippen molar-refractivity contribution in [3.63, 3.8) is 0 Å². The van der Waals surface area contributed by atoms with Crippen molar-refractivity contribution in [2.24, 2.45) is 17.3 Å². The second-order valence-electron chi connectivity index (χ2n) is 13.7. The fraction of sp³-hybridized carbons (Fsp3) is 0.857. The van der Waals surface area contributed by atoms with Crippen LogP contribution in [0.2, 0.25) is 39.3 Å². The molecule has 2 fully saturated rings. The van der Waals surface area contributed by atoms with Gasteiger partial charge in [-0.3, -0.25) is 9.59 Å². The largest absolute Gasteiger partial charge is 0.458 e. The molecule has 0 radical (unpaired) electrons. The highest BCUT2D eigenvalue weighted by atomic mass is 79.9. The average molecular weight is 620 g/mol. The zero-order chi connectivity index (χ0) is 28.3. The molecule has 6 nitrogen and oxygen atoms in total. The Labute approximate surface area is 236 Å². The van der Waals surface area contributed by atoms with E-state index in [0.29, 0.717) is 6.42 Å². The molecule has 214 valence electrons. The van der Waals surface area contributed by atoms with Crippen molar-refractivity contribution in [3.8, 4) is 0 Å². The van der Waals surface area contributed by atoms with Crippen LogP contribution in [0.25, 0.3) is 0 Å². The van der Waals surface area contributed by atoms with Gasteiger partial charge in [0.2, 0.25) is 0 Å². The summed E-state index contributed by atoms with van der Waals surface area (Å²) in [6.45, 7) is 22.8. The van der Waals surface area contributed by atoms with Crippen molar-refractivity contribution in [1.82, 2.24) is 0 Å². The molecule has 2 saturated heterocycles. The number of fused-ring (bicyclic) bond motifs is 1. The fourth-order valence-electron chi connectivity index (χ4n) is 5.30. The predicted molar refractivity (Wildman–Crippen MR) is 158 cm³/mol. The van der Waals surface area contributed by atoms with Gasteiger partial charge >= 0.3 is 5.97 Å². The molecule has 0 N–H and O–H groups in total. The summed E-state index contributed by atoms with van der Waals surface area (Å²) < 4.78 is 25.2. The predicted octanol–water partition coefficient (Wildman–Crippen LogP) is 7.24. The topological polar surface area (TPSA) is 74.4 Å². The zero-order valence-corrected chi connectivity index (χ0v) is 28.6. The second kappa shape index (κ2) is 12.9. The normalized spacial score (nSPS) is 35.0. The number of esters is 1. The summed E-state index contributed by atoms with van der Waals surface area (Å²) in [5.74, 6) is -0.337. The monoisotopic (exact) mass is 618 g/mol. The minimum atomic E-state index is -2.08. The first-order valence-electron chi connectivity index (χ1n) is 13.9. The summed E-state index contributed by atoms with van der Waals surface area (Å²) in [4.78, 5) is 29.3. The maximum atomic E-state index is 14.2. The van der Waals surface area contributed by atoms with Crippen molar-refractivity contribution < 1.29 is 27.9 Å². The van der Waals surface area contributed by atoms with Gasteiger partial charge in [-0.05, 0) is 75.5 Å². The van der Waals surface area contributed by atoms with Crippen LogP contribution in [-0.4, -0.2) is 58.9 Å². The smallest absolute Gasteiger partial charge is 0.309 e. The van der Waals surface area contributed by atoms with Crippen LogP contribution in [0.1, 0.15) is 66.7 Å². The molecule has 0 spiro atoms. The number of carbonyl (C=O) groups excluding carboxylic acids is 2. The number of ether oxygens (including phenoxy) is 2. The van der Waals surface area contributed by atoms with Gasteiger partial charge in [0.25, 0.3) is 0 Å². The van der Waals surface area contributed by atoms with Crippen molar-refractivity contribution in [3.05, 3.63) is 10.6 Å². The Bertz CT molecular complexity index is 832. The molecule has 2 heterocycles. The molecule has 0 amide bonds. The van der Waals surface area contributed by atoms with E-state index in [-0.39, 0.29) is 54.4 Å². The summed E-state index contributed by atoms with van der Waals surface area (Å²) in [6, 6.07) is 0. The first kappa shape index (κ1) is 32.9. The third-order valence-electron chi connectivity index (χ3n) is 7.48. The van der Waals surface area contributed by atoms with E-state index in [0.717, 1.165) is 24.8 Å². The van der Waals surface area contributed by atoms with Crippen LogP contribution in [0.15, 0.2) is 10.6 Å². The number of cyclic esters (lactones) is 1. The minimum Gasteiger partial charge on any atom is -0.458 e. The molecular formula is C28H51BrO6Si2. The lowest BCUT2D eigenvalue weighted by Crippen LogP contribution is -2.51. The zero-order valence-electron chi connectivity index (χ0n) is 25.0. The van der Waals surface area contributed by atoms with Crippen molar-refractivity contribution in [2.75, 3.05) is 0 Å². The Kier molecular flexibility index (Phi) is 11.5. The van der Waals surface area contributed by atoms with Gasteiger partial charge in [0.15, 0.2) is 16.6 Å². The molecule has 0 aromatic carbocycles. The number of epoxide rings is 1. The minimum absolute atomic E-state index is 0.0336. The van der Waals surface area contributed by atoms with E-state index in [1.165, 1.54) is 0 Å². The number of hydrogen-bond donors (Lipinski definition) is 0. The van der Waals surface area contributed by atoms with Crippen LogP contribution in [0.3, 0.4) is 0 Å². The van der Waals surface area contributed by atoms with Crippen LogP contribution >= 0.6 is 15.9 Å². The molecule has 7 atom stereocenters. The Balaban J connectivity index is 2.45. The summed E-state index contributed by atoms with van der Waals surface area (Å²) in [5, 5.41) is 0. The Morgan fingerprint density at radius 2 is 1.59 bits per heavy atom. The molecular weight excluding hydrogens is 568 g/mol. The number of rotatable bonds is 5. The van der Waals surface area contributed by atoms with Gasteiger partial charge in [0.1, 0.15) is 11.9 Å². The average Bonchev–Trinajstić information content (AvgIpc) is 3.50. The lowest BCUT2D eigenvalue weighted by molar-refractivity contribution is -0.153. The quantitative estimate of drug-likeness (QED) is 0.184. The van der Waals surface area contributed by atoms with Gasteiger partial charge in [0.05, 0.1) is 30.8 Å². The summed E-state index contributed by atoms with van der Waals surface area (Å²) >= 11 is 3.40. The molecule has 2 rings (SSSR count). The first-order valence-corrected chi connectivity index (χ1v) is 21.6. The SMILES string of the molecule is C/C(=C\Br)[C@@H]1C[C@@H]2O[C@@H]2CCC[C@H](C)[C@H](O[Si](C)(C)C)[C@@H](C)C(=O)C(C)(C)[C@@H](O[Si](C)(C)C)CC(=O)O1. The number of carbonyl (C=O) groups is 2. The summed E-state index contributed by atoms with van der Waals surface area (Å²) in [6.07, 6.45) is 2.82. The van der Waals surface area contributed by atoms with Crippen LogP contribution in [-0.2, 0) is 27.9 Å². The lowest BCUT2D eigenvalue weighted by Gasteiger charge is -2.41. The Hall–Kier alpha value is -0.326. The van der Waals surface area contributed by atoms with Crippen LogP contribution < -0.4 is 0 Å². The summed E-state index contributed by atoms with van der Waals surface area (Å²) in [7, 11) is -3.99. The van der Waals surface area contributed by atoms with Gasteiger partial charge in [-0.2, -0.15) is 0 Å². The van der Waals surface area contributed by atoms with E-state index < -0.39 is 28.2 Å². The highest BCUT2D eigenvalue weighted by Gasteiger charge is 2.47. The van der Waals surface area contributed by atoms with Crippen LogP contribution in [0.5, 0.6) is 0 Å². The van der Waals surface area contributed by atoms with E-state index in [9.17, 15) is 9.59 Å². The highest BCUT2D eigenvalue weighted by Crippen LogP contribution is 2.39. The molecule has 0 unspecified atom stereocenters. The molecule has 9 heteroatoms. The molecule has 0 bridgehead atoms. The van der Waals surface area contributed by atoms with Crippen LogP contribution in [0.4, 0.5) is 0 Å². The molecule has 37 heavy (non-hydrogen) atoms. The fourth-order valence-corrected chi connectivity index (χ4v) is 8.08. The Morgan fingerprint density at radius 3 is 2.14 bits per heavy atom. The number of Topliss-reactive ketones (excluding diaryl/α,β-unsaturated/α-hetero) is 1. The van der Waals surface area contributed by atoms with E-state index in [4.69, 9.17) is 18.3 Å². The van der Waals surface area contributed by atoms with Gasteiger partial charge in [0, 0.05) is 17.8 Å². The van der Waals surface area contributed by atoms with E-state index in [2.05, 4.69) is 62.1 Å². The van der Waals surface area contributed by atoms with E-state index in [1.54, 1.807) is 0 Å².